The van der Waals surface area contributed by atoms with E-state index in [0.717, 1.165) is 28.0 Å². The number of amides is 1. The number of carbonyl (C=O) groups excluding carboxylic acids is 1. The summed E-state index contributed by atoms with van der Waals surface area (Å²) in [5, 5.41) is 26.3. The fraction of sp³-hybridized carbons (Fsp3) is 0.310. The van der Waals surface area contributed by atoms with Crippen LogP contribution in [0.5, 0.6) is 5.75 Å². The van der Waals surface area contributed by atoms with Gasteiger partial charge in [0.25, 0.3) is 11.5 Å². The van der Waals surface area contributed by atoms with Crippen molar-refractivity contribution in [1.29, 1.82) is 0 Å². The van der Waals surface area contributed by atoms with E-state index in [9.17, 15) is 14.7 Å². The molecule has 11 nitrogen and oxygen atoms in total. The molecule has 0 aliphatic carbocycles. The molecule has 1 fully saturated rings. The van der Waals surface area contributed by atoms with Crippen molar-refractivity contribution in [1.82, 2.24) is 24.8 Å². The standard InChI is InChI=1S/C42H44N6O5Si/c1-27-39(54(4,5)32-18-16-31(52-3)17-19-32)38(21-22-47-25-36(44-45-47)34(26-49)28-11-7-6-8-12-28)53-42(27)35-23-30(15-20-37(35)46(2)41(42)51)48-40(50)33-14-10-9-13-29(33)24-43-48/h6-20,23-25,27,34,38-39,49H,21-22,26H2,1-5H3/t27-,34?,38+,39-,42+/m1/s1. The molecule has 6 aromatic rings. The van der Waals surface area contributed by atoms with E-state index in [1.54, 1.807) is 31.3 Å². The number of likely N-dealkylation sites (N-methyl/N-ethyl adjacent to an activating group) is 1. The van der Waals surface area contributed by atoms with Gasteiger partial charge < -0.3 is 19.5 Å². The first kappa shape index (κ1) is 35.6. The highest BCUT2D eigenvalue weighted by Crippen LogP contribution is 2.60. The topological polar surface area (TPSA) is 125 Å². The number of anilines is 1. The number of hydrogen-bond donors (Lipinski definition) is 1. The van der Waals surface area contributed by atoms with Crippen LogP contribution in [-0.4, -0.2) is 70.7 Å². The fourth-order valence-corrected chi connectivity index (χ4v) is 13.0. The summed E-state index contributed by atoms with van der Waals surface area (Å²) < 4.78 is 16.0. The fourth-order valence-electron chi connectivity index (χ4n) is 8.98. The SMILES string of the molecule is COc1ccc([Si](C)(C)[C@H]2[C@H](CCn3cc(C(CO)c4ccccc4)nn3)O[C@@]3(C(=O)N(C)c4ccc(-n5ncc6ccccc6c5=O)cc43)[C@@H]2C)cc1. The molecule has 2 aliphatic heterocycles. The molecular weight excluding hydrogens is 697 g/mol. The molecule has 2 aromatic heterocycles. The van der Waals surface area contributed by atoms with E-state index in [4.69, 9.17) is 9.47 Å². The molecule has 1 spiro atoms. The van der Waals surface area contributed by atoms with E-state index in [-0.39, 0.29) is 41.6 Å². The molecule has 8 rings (SSSR count). The van der Waals surface area contributed by atoms with Gasteiger partial charge in [-0.3, -0.25) is 14.3 Å². The number of aliphatic hydroxyl groups is 1. The van der Waals surface area contributed by atoms with E-state index < -0.39 is 13.7 Å². The van der Waals surface area contributed by atoms with E-state index in [1.165, 1.54) is 9.87 Å². The van der Waals surface area contributed by atoms with E-state index >= 15 is 0 Å². The lowest BCUT2D eigenvalue weighted by atomic mass is 9.82. The summed E-state index contributed by atoms with van der Waals surface area (Å²) in [5.41, 5.74) is 2.23. The summed E-state index contributed by atoms with van der Waals surface area (Å²) in [7, 11) is 1.07. The van der Waals surface area contributed by atoms with Crippen LogP contribution >= 0.6 is 0 Å². The predicted molar refractivity (Wildman–Crippen MR) is 210 cm³/mol. The van der Waals surface area contributed by atoms with Gasteiger partial charge in [0.05, 0.1) is 62.5 Å². The van der Waals surface area contributed by atoms with Gasteiger partial charge in [0.2, 0.25) is 0 Å². The van der Waals surface area contributed by atoms with E-state index in [2.05, 4.69) is 47.6 Å². The van der Waals surface area contributed by atoms with Crippen molar-refractivity contribution in [3.05, 3.63) is 137 Å². The molecular formula is C42H44N6O5Si. The van der Waals surface area contributed by atoms with Crippen molar-refractivity contribution >= 4 is 35.6 Å². The Kier molecular flexibility index (Phi) is 9.07. The zero-order valence-electron chi connectivity index (χ0n) is 31.1. The van der Waals surface area contributed by atoms with Crippen molar-refractivity contribution in [2.75, 3.05) is 25.7 Å². The van der Waals surface area contributed by atoms with Crippen LogP contribution in [0.2, 0.25) is 18.6 Å². The van der Waals surface area contributed by atoms with Crippen molar-refractivity contribution in [3.63, 3.8) is 0 Å². The Labute approximate surface area is 314 Å². The first-order valence-corrected chi connectivity index (χ1v) is 21.4. The van der Waals surface area contributed by atoms with Gasteiger partial charge in [-0.1, -0.05) is 91.1 Å². The Bertz CT molecular complexity index is 2400. The van der Waals surface area contributed by atoms with Crippen LogP contribution in [-0.2, 0) is 21.7 Å². The van der Waals surface area contributed by atoms with Crippen LogP contribution in [0.1, 0.15) is 36.1 Å². The molecule has 54 heavy (non-hydrogen) atoms. The predicted octanol–water partition coefficient (Wildman–Crippen LogP) is 5.39. The minimum absolute atomic E-state index is 0.0110. The highest BCUT2D eigenvalue weighted by molar-refractivity contribution is 6.91. The van der Waals surface area contributed by atoms with Crippen molar-refractivity contribution in [2.45, 2.75) is 56.1 Å². The summed E-state index contributed by atoms with van der Waals surface area (Å²) >= 11 is 0. The number of ether oxygens (including phenoxy) is 2. The molecule has 0 bridgehead atoms. The van der Waals surface area contributed by atoms with Gasteiger partial charge in [-0.05, 0) is 53.9 Å². The van der Waals surface area contributed by atoms with Crippen LogP contribution in [0.4, 0.5) is 5.69 Å². The maximum atomic E-state index is 14.7. The summed E-state index contributed by atoms with van der Waals surface area (Å²) in [6.07, 6.45) is 3.86. The first-order chi connectivity index (χ1) is 26.1. The Morgan fingerprint density at radius 3 is 2.46 bits per heavy atom. The number of aliphatic hydroxyl groups excluding tert-OH is 1. The van der Waals surface area contributed by atoms with Gasteiger partial charge in [0, 0.05) is 36.7 Å². The Hall–Kier alpha value is -5.43. The van der Waals surface area contributed by atoms with Crippen molar-refractivity contribution in [2.24, 2.45) is 5.92 Å². The van der Waals surface area contributed by atoms with Crippen LogP contribution in [0, 0.1) is 5.92 Å². The summed E-state index contributed by atoms with van der Waals surface area (Å²) in [5.74, 6) is 0.159. The number of nitrogens with zero attached hydrogens (tertiary/aromatic N) is 6. The minimum atomic E-state index is -2.39. The number of fused-ring (bicyclic) bond motifs is 3. The number of hydrogen-bond acceptors (Lipinski definition) is 8. The second kappa shape index (κ2) is 13.8. The van der Waals surface area contributed by atoms with Gasteiger partial charge in [-0.25, -0.2) is 0 Å². The highest BCUT2D eigenvalue weighted by atomic mass is 28.3. The second-order valence-corrected chi connectivity index (χ2v) is 19.7. The molecule has 4 aromatic carbocycles. The molecule has 0 saturated carbocycles. The van der Waals surface area contributed by atoms with Gasteiger partial charge in [0.15, 0.2) is 5.60 Å². The number of aryl methyl sites for hydroxylation is 1. The Morgan fingerprint density at radius 2 is 1.72 bits per heavy atom. The molecule has 5 atom stereocenters. The lowest BCUT2D eigenvalue weighted by Crippen LogP contribution is -2.51. The minimum Gasteiger partial charge on any atom is -0.497 e. The zero-order chi connectivity index (χ0) is 37.8. The lowest BCUT2D eigenvalue weighted by Gasteiger charge is -2.37. The molecule has 276 valence electrons. The molecule has 1 unspecified atom stereocenters. The van der Waals surface area contributed by atoms with Crippen LogP contribution < -0.4 is 20.4 Å². The van der Waals surface area contributed by atoms with Gasteiger partial charge >= 0.3 is 0 Å². The lowest BCUT2D eigenvalue weighted by molar-refractivity contribution is -0.145. The second-order valence-electron chi connectivity index (χ2n) is 15.0. The largest absolute Gasteiger partial charge is 0.497 e. The van der Waals surface area contributed by atoms with E-state index in [0.29, 0.717) is 29.7 Å². The molecule has 1 N–H and O–H groups in total. The maximum Gasteiger partial charge on any atom is 0.279 e. The number of methoxy groups -OCH3 is 1. The van der Waals surface area contributed by atoms with Gasteiger partial charge in [-0.2, -0.15) is 9.78 Å². The average Bonchev–Trinajstić information content (AvgIpc) is 3.85. The monoisotopic (exact) mass is 740 g/mol. The summed E-state index contributed by atoms with van der Waals surface area (Å²) in [6, 6.07) is 31.2. The molecule has 12 heteroatoms. The molecule has 1 amide bonds. The molecule has 2 aliphatic rings. The number of carbonyl (C=O) groups is 1. The zero-order valence-corrected chi connectivity index (χ0v) is 32.1. The van der Waals surface area contributed by atoms with Gasteiger partial charge in [0.1, 0.15) is 5.75 Å². The van der Waals surface area contributed by atoms with Crippen molar-refractivity contribution < 1.29 is 19.4 Å². The van der Waals surface area contributed by atoms with Crippen LogP contribution in [0.25, 0.3) is 16.5 Å². The average molecular weight is 741 g/mol. The smallest absolute Gasteiger partial charge is 0.279 e. The molecule has 0 radical (unpaired) electrons. The third kappa shape index (κ3) is 5.67. The number of aromatic nitrogens is 5. The molecule has 1 saturated heterocycles. The van der Waals surface area contributed by atoms with Crippen LogP contribution in [0.15, 0.2) is 114 Å². The van der Waals surface area contributed by atoms with Gasteiger partial charge in [-0.15, -0.1) is 5.10 Å². The first-order valence-electron chi connectivity index (χ1n) is 18.4. The Balaban J connectivity index is 1.19. The number of rotatable bonds is 10. The summed E-state index contributed by atoms with van der Waals surface area (Å²) in [6.45, 7) is 7.27. The molecule has 4 heterocycles. The van der Waals surface area contributed by atoms with Crippen LogP contribution in [0.3, 0.4) is 0 Å². The van der Waals surface area contributed by atoms with E-state index in [1.807, 2.05) is 89.7 Å². The Morgan fingerprint density at radius 1 is 0.981 bits per heavy atom. The maximum absolute atomic E-state index is 14.7. The third-order valence-electron chi connectivity index (χ3n) is 11.8. The highest BCUT2D eigenvalue weighted by Gasteiger charge is 2.65. The summed E-state index contributed by atoms with van der Waals surface area (Å²) in [4.78, 5) is 30.1. The third-order valence-corrected chi connectivity index (χ3v) is 16.2. The quantitative estimate of drug-likeness (QED) is 0.186. The number of benzene rings is 4. The van der Waals surface area contributed by atoms with Crippen molar-refractivity contribution in [3.8, 4) is 11.4 Å². The normalized spacial score (nSPS) is 21.6.